The molecule has 0 aliphatic heterocycles. The van der Waals surface area contributed by atoms with Crippen molar-refractivity contribution in [1.82, 2.24) is 0 Å². The molecule has 24 heavy (non-hydrogen) atoms. The summed E-state index contributed by atoms with van der Waals surface area (Å²) in [5, 5.41) is 0. The van der Waals surface area contributed by atoms with Crippen molar-refractivity contribution in [2.45, 2.75) is 113 Å². The summed E-state index contributed by atoms with van der Waals surface area (Å²) < 4.78 is 39.0. The lowest BCUT2D eigenvalue weighted by Gasteiger charge is -2.38. The van der Waals surface area contributed by atoms with Crippen LogP contribution in [0.25, 0.3) is 0 Å². The highest BCUT2D eigenvalue weighted by atomic mass is 31.1. The van der Waals surface area contributed by atoms with Crippen LogP contribution in [0.4, 0.5) is 17.3 Å². The highest BCUT2D eigenvalue weighted by Gasteiger charge is 2.42. The minimum Gasteiger partial charge on any atom is -0.418 e. The highest BCUT2D eigenvalue weighted by Crippen LogP contribution is 2.61. The van der Waals surface area contributed by atoms with E-state index in [-0.39, 0.29) is 7.92 Å². The summed E-state index contributed by atoms with van der Waals surface area (Å²) in [4.78, 5) is 0. The Bertz CT molecular complexity index is 284. The number of hydrogen-bond donors (Lipinski definition) is 0. The van der Waals surface area contributed by atoms with Crippen molar-refractivity contribution in [1.29, 1.82) is 0 Å². The molecule has 0 amide bonds. The van der Waals surface area contributed by atoms with Gasteiger partial charge < -0.3 is 17.3 Å². The summed E-state index contributed by atoms with van der Waals surface area (Å²) in [6.45, 7) is 0. The predicted molar refractivity (Wildman–Crippen MR) is 99.1 cm³/mol. The van der Waals surface area contributed by atoms with Crippen LogP contribution >= 0.6 is 7.92 Å². The van der Waals surface area contributed by atoms with Crippen LogP contribution < -0.4 is 0 Å². The summed E-state index contributed by atoms with van der Waals surface area (Å²) in [7, 11) is -6.05. The van der Waals surface area contributed by atoms with Crippen molar-refractivity contribution in [3.63, 3.8) is 0 Å². The summed E-state index contributed by atoms with van der Waals surface area (Å²) in [5.74, 6) is 0. The molecule has 3 rings (SSSR count). The average molecular weight is 368 g/mol. The molecule has 0 atom stereocenters. The van der Waals surface area contributed by atoms with E-state index in [1.165, 1.54) is 17.0 Å². The SMILES string of the molecule is C1CCC([PH+](C2CCCCC2)C2CCCCC2)CC1.F[B-](F)(F)F. The number of rotatable bonds is 3. The topological polar surface area (TPSA) is 0 Å². The van der Waals surface area contributed by atoms with E-state index in [2.05, 4.69) is 0 Å². The van der Waals surface area contributed by atoms with Gasteiger partial charge in [-0.05, 0) is 77.0 Å². The van der Waals surface area contributed by atoms with Crippen LogP contribution in [-0.4, -0.2) is 24.2 Å². The second-order valence-electron chi connectivity index (χ2n) is 8.00. The van der Waals surface area contributed by atoms with E-state index in [0.717, 1.165) is 0 Å². The van der Waals surface area contributed by atoms with Crippen molar-refractivity contribution >= 4 is 15.2 Å². The second kappa shape index (κ2) is 10.4. The first-order valence-electron chi connectivity index (χ1n) is 10.2. The lowest BCUT2D eigenvalue weighted by molar-refractivity contribution is 0.368. The van der Waals surface area contributed by atoms with Crippen molar-refractivity contribution in [3.05, 3.63) is 0 Å². The molecule has 0 unspecified atom stereocenters. The average Bonchev–Trinajstić information content (AvgIpc) is 2.57. The molecule has 0 bridgehead atoms. The van der Waals surface area contributed by atoms with Crippen molar-refractivity contribution < 1.29 is 17.3 Å². The Labute approximate surface area is 146 Å². The van der Waals surface area contributed by atoms with Crippen LogP contribution in [0.15, 0.2) is 0 Å². The molecule has 0 aromatic heterocycles. The van der Waals surface area contributed by atoms with Crippen molar-refractivity contribution in [2.24, 2.45) is 0 Å². The van der Waals surface area contributed by atoms with E-state index in [1.807, 2.05) is 0 Å². The summed E-state index contributed by atoms with van der Waals surface area (Å²) in [5.41, 5.74) is 3.68. The fourth-order valence-electron chi connectivity index (χ4n) is 5.31. The van der Waals surface area contributed by atoms with Gasteiger partial charge in [-0.2, -0.15) is 0 Å². The fraction of sp³-hybridized carbons (Fsp3) is 1.00. The van der Waals surface area contributed by atoms with Gasteiger partial charge in [0.2, 0.25) is 0 Å². The predicted octanol–water partition coefficient (Wildman–Crippen LogP) is 7.50. The molecule has 0 saturated heterocycles. The molecular weight excluding hydrogens is 334 g/mol. The Kier molecular flexibility index (Phi) is 8.88. The molecule has 0 aromatic rings. The van der Waals surface area contributed by atoms with Crippen LogP contribution in [0.3, 0.4) is 0 Å². The molecule has 142 valence electrons. The lowest BCUT2D eigenvalue weighted by Crippen LogP contribution is -2.28. The third kappa shape index (κ3) is 7.62. The van der Waals surface area contributed by atoms with E-state index in [4.69, 9.17) is 0 Å². The molecule has 0 aromatic carbocycles. The largest absolute Gasteiger partial charge is 0.673 e. The Morgan fingerprint density at radius 1 is 0.458 bits per heavy atom. The quantitative estimate of drug-likeness (QED) is 0.275. The molecular formula is C18H34BF4P. The van der Waals surface area contributed by atoms with Gasteiger partial charge in [-0.15, -0.1) is 0 Å². The normalized spacial score (nSPS) is 25.4. The van der Waals surface area contributed by atoms with E-state index in [9.17, 15) is 17.3 Å². The minimum atomic E-state index is -6.00. The van der Waals surface area contributed by atoms with Crippen molar-refractivity contribution in [2.75, 3.05) is 0 Å². The van der Waals surface area contributed by atoms with Gasteiger partial charge in [0.25, 0.3) is 0 Å². The number of halogens is 4. The van der Waals surface area contributed by atoms with Gasteiger partial charge in [-0.1, -0.05) is 19.3 Å². The van der Waals surface area contributed by atoms with Gasteiger partial charge in [-0.3, -0.25) is 0 Å². The van der Waals surface area contributed by atoms with E-state index in [0.29, 0.717) is 0 Å². The minimum absolute atomic E-state index is 0.0465. The zero-order valence-corrected chi connectivity index (χ0v) is 15.9. The monoisotopic (exact) mass is 368 g/mol. The molecule has 6 heteroatoms. The van der Waals surface area contributed by atoms with Crippen LogP contribution in [0.1, 0.15) is 96.3 Å². The van der Waals surface area contributed by atoms with Gasteiger partial charge in [0.05, 0.1) is 17.0 Å². The second-order valence-corrected chi connectivity index (χ2v) is 11.4. The summed E-state index contributed by atoms with van der Waals surface area (Å²) in [6.07, 6.45) is 23.8. The molecule has 0 N–H and O–H groups in total. The molecule has 0 radical (unpaired) electrons. The molecule has 3 fully saturated rings. The summed E-state index contributed by atoms with van der Waals surface area (Å²) >= 11 is 0. The van der Waals surface area contributed by atoms with Gasteiger partial charge in [0.15, 0.2) is 0 Å². The van der Waals surface area contributed by atoms with Gasteiger partial charge >= 0.3 is 7.25 Å². The summed E-state index contributed by atoms with van der Waals surface area (Å²) in [6, 6.07) is 0. The molecule has 3 aliphatic carbocycles. The molecule has 3 saturated carbocycles. The van der Waals surface area contributed by atoms with Gasteiger partial charge in [0.1, 0.15) is 0 Å². The van der Waals surface area contributed by atoms with Crippen LogP contribution in [-0.2, 0) is 0 Å². The van der Waals surface area contributed by atoms with Crippen LogP contribution in [0, 0.1) is 0 Å². The fourth-order valence-corrected chi connectivity index (χ4v) is 10.5. The smallest absolute Gasteiger partial charge is 0.418 e. The van der Waals surface area contributed by atoms with E-state index < -0.39 is 7.25 Å². The van der Waals surface area contributed by atoms with Gasteiger partial charge in [-0.25, -0.2) is 0 Å². The standard InChI is InChI=1S/C18H33P.BF4/c1-4-10-16(11-5-1)19(17-12-6-2-7-13-17)18-14-8-3-9-15-18;2-1(3,4)5/h16-18H,1-15H2;/q;-1/p+1. The Hall–Kier alpha value is 0.215. The zero-order valence-electron chi connectivity index (χ0n) is 14.9. The van der Waals surface area contributed by atoms with E-state index in [1.54, 1.807) is 96.3 Å². The Morgan fingerprint density at radius 2 is 0.667 bits per heavy atom. The van der Waals surface area contributed by atoms with Crippen LogP contribution in [0.5, 0.6) is 0 Å². The first-order chi connectivity index (χ1) is 11.4. The Morgan fingerprint density at radius 3 is 0.875 bits per heavy atom. The van der Waals surface area contributed by atoms with E-state index >= 15 is 0 Å². The van der Waals surface area contributed by atoms with Crippen LogP contribution in [0.2, 0.25) is 0 Å². The van der Waals surface area contributed by atoms with Gasteiger partial charge in [0, 0.05) is 7.92 Å². The molecule has 0 heterocycles. The molecule has 0 spiro atoms. The maximum atomic E-state index is 9.75. The first kappa shape index (κ1) is 20.5. The van der Waals surface area contributed by atoms with Crippen molar-refractivity contribution in [3.8, 4) is 0 Å². The third-order valence-electron chi connectivity index (χ3n) is 6.23. The lowest BCUT2D eigenvalue weighted by atomic mass is 9.99. The first-order valence-corrected chi connectivity index (χ1v) is 11.9. The highest BCUT2D eigenvalue weighted by molar-refractivity contribution is 7.60. The Balaban J connectivity index is 0.000000368. The maximum absolute atomic E-state index is 9.75. The molecule has 3 aliphatic rings. The zero-order chi connectivity index (χ0) is 17.4. The number of hydrogen-bond acceptors (Lipinski definition) is 0. The maximum Gasteiger partial charge on any atom is 0.673 e. The molecule has 0 nitrogen and oxygen atoms in total. The third-order valence-corrected chi connectivity index (χ3v) is 10.8.